The van der Waals surface area contributed by atoms with E-state index >= 15 is 0 Å². The molecule has 0 aliphatic rings. The first-order chi connectivity index (χ1) is 12.1. The van der Waals surface area contributed by atoms with E-state index in [1.807, 2.05) is 54.9 Å². The van der Waals surface area contributed by atoms with Crippen molar-refractivity contribution < 1.29 is 4.79 Å². The van der Waals surface area contributed by atoms with Crippen LogP contribution in [0.1, 0.15) is 18.2 Å². The van der Waals surface area contributed by atoms with E-state index in [4.69, 9.17) is 0 Å². The number of nitrogens with one attached hydrogen (secondary N) is 1. The van der Waals surface area contributed by atoms with Crippen LogP contribution >= 0.6 is 0 Å². The maximum absolute atomic E-state index is 11.9. The molecule has 0 saturated heterocycles. The Morgan fingerprint density at radius 3 is 2.36 bits per heavy atom. The van der Waals surface area contributed by atoms with Crippen molar-refractivity contribution >= 4 is 5.91 Å². The van der Waals surface area contributed by atoms with Crippen molar-refractivity contribution in [2.24, 2.45) is 0 Å². The van der Waals surface area contributed by atoms with E-state index in [1.165, 1.54) is 5.56 Å². The van der Waals surface area contributed by atoms with E-state index in [0.29, 0.717) is 18.7 Å². The lowest BCUT2D eigenvalue weighted by atomic mass is 10.1. The van der Waals surface area contributed by atoms with Gasteiger partial charge in [0.25, 0.3) is 0 Å². The zero-order valence-electron chi connectivity index (χ0n) is 14.3. The molecule has 0 fully saturated rings. The molecule has 0 aliphatic carbocycles. The predicted octanol–water partition coefficient (Wildman–Crippen LogP) is 3.79. The summed E-state index contributed by atoms with van der Waals surface area (Å²) in [6, 6.07) is 20.2. The van der Waals surface area contributed by atoms with Gasteiger partial charge in [0.15, 0.2) is 0 Å². The molecule has 0 radical (unpaired) electrons. The standard InChI is InChI=1S/C21H21N3O/c1-16(2)21(25)22-13-19-20(18-11-7-4-8-12-18)23-15-24(19)14-17-9-5-3-6-10-17/h3-12,15H,1,13-14H2,2H3,(H,22,25). The third-order valence-corrected chi connectivity index (χ3v) is 3.99. The first-order valence-electron chi connectivity index (χ1n) is 8.22. The fourth-order valence-corrected chi connectivity index (χ4v) is 2.66. The minimum atomic E-state index is -0.147. The number of rotatable bonds is 6. The lowest BCUT2D eigenvalue weighted by Crippen LogP contribution is -2.25. The van der Waals surface area contributed by atoms with E-state index in [1.54, 1.807) is 6.92 Å². The number of aromatic nitrogens is 2. The summed E-state index contributed by atoms with van der Waals surface area (Å²) >= 11 is 0. The number of amides is 1. The van der Waals surface area contributed by atoms with Gasteiger partial charge in [0.2, 0.25) is 5.91 Å². The Bertz CT molecular complexity index is 867. The fourth-order valence-electron chi connectivity index (χ4n) is 2.66. The minimum Gasteiger partial charge on any atom is -0.347 e. The molecule has 126 valence electrons. The average molecular weight is 331 g/mol. The molecule has 3 aromatic rings. The molecule has 0 saturated carbocycles. The van der Waals surface area contributed by atoms with Crippen molar-refractivity contribution in [3.63, 3.8) is 0 Å². The predicted molar refractivity (Wildman–Crippen MR) is 99.9 cm³/mol. The first kappa shape index (κ1) is 16.7. The van der Waals surface area contributed by atoms with Crippen molar-refractivity contribution in [2.75, 3.05) is 0 Å². The zero-order valence-corrected chi connectivity index (χ0v) is 14.3. The molecule has 1 aromatic heterocycles. The van der Waals surface area contributed by atoms with Crippen molar-refractivity contribution in [3.05, 3.63) is 90.4 Å². The number of nitrogens with zero attached hydrogens (tertiary/aromatic N) is 2. The Labute approximate surface area is 147 Å². The van der Waals surface area contributed by atoms with Gasteiger partial charge in [-0.1, -0.05) is 67.2 Å². The maximum atomic E-state index is 11.9. The van der Waals surface area contributed by atoms with Crippen LogP contribution in [0.25, 0.3) is 11.3 Å². The molecule has 0 spiro atoms. The van der Waals surface area contributed by atoms with Crippen LogP contribution in [0.2, 0.25) is 0 Å². The fraction of sp³-hybridized carbons (Fsp3) is 0.143. The second kappa shape index (κ2) is 7.62. The summed E-state index contributed by atoms with van der Waals surface area (Å²) in [7, 11) is 0. The molecule has 3 rings (SSSR count). The largest absolute Gasteiger partial charge is 0.347 e. The molecule has 0 atom stereocenters. The molecule has 4 heteroatoms. The summed E-state index contributed by atoms with van der Waals surface area (Å²) in [6.45, 7) is 6.51. The molecule has 0 aliphatic heterocycles. The van der Waals surface area contributed by atoms with E-state index in [-0.39, 0.29) is 5.91 Å². The van der Waals surface area contributed by atoms with Crippen molar-refractivity contribution in [1.29, 1.82) is 0 Å². The third kappa shape index (κ3) is 4.04. The summed E-state index contributed by atoms with van der Waals surface area (Å²) in [5.41, 5.74) is 4.58. The van der Waals surface area contributed by atoms with Crippen LogP contribution < -0.4 is 5.32 Å². The Balaban J connectivity index is 1.93. The maximum Gasteiger partial charge on any atom is 0.246 e. The Kier molecular flexibility index (Phi) is 5.09. The Morgan fingerprint density at radius 1 is 1.08 bits per heavy atom. The topological polar surface area (TPSA) is 46.9 Å². The summed E-state index contributed by atoms with van der Waals surface area (Å²) in [5.74, 6) is -0.147. The number of carbonyl (C=O) groups excluding carboxylic acids is 1. The minimum absolute atomic E-state index is 0.147. The number of carbonyl (C=O) groups is 1. The van der Waals surface area contributed by atoms with Crippen LogP contribution in [0.15, 0.2) is 79.1 Å². The van der Waals surface area contributed by atoms with Gasteiger partial charge in [0.1, 0.15) is 0 Å². The first-order valence-corrected chi connectivity index (χ1v) is 8.22. The molecule has 0 bridgehead atoms. The SMILES string of the molecule is C=C(C)C(=O)NCc1c(-c2ccccc2)ncn1Cc1ccccc1. The highest BCUT2D eigenvalue weighted by atomic mass is 16.1. The van der Waals surface area contributed by atoms with Gasteiger partial charge in [-0.2, -0.15) is 0 Å². The summed E-state index contributed by atoms with van der Waals surface area (Å²) in [6.07, 6.45) is 1.83. The van der Waals surface area contributed by atoms with Crippen molar-refractivity contribution in [3.8, 4) is 11.3 Å². The van der Waals surface area contributed by atoms with Crippen molar-refractivity contribution in [2.45, 2.75) is 20.0 Å². The van der Waals surface area contributed by atoms with Crippen LogP contribution in [0.5, 0.6) is 0 Å². The monoisotopic (exact) mass is 331 g/mol. The smallest absolute Gasteiger partial charge is 0.246 e. The van der Waals surface area contributed by atoms with E-state index < -0.39 is 0 Å². The lowest BCUT2D eigenvalue weighted by molar-refractivity contribution is -0.117. The van der Waals surface area contributed by atoms with Crippen LogP contribution in [-0.4, -0.2) is 15.5 Å². The lowest BCUT2D eigenvalue weighted by Gasteiger charge is -2.12. The number of benzene rings is 2. The second-order valence-electron chi connectivity index (χ2n) is 5.98. The highest BCUT2D eigenvalue weighted by Gasteiger charge is 2.14. The summed E-state index contributed by atoms with van der Waals surface area (Å²) in [5, 5.41) is 2.92. The molecule has 1 amide bonds. The molecular weight excluding hydrogens is 310 g/mol. The van der Waals surface area contributed by atoms with Gasteiger partial charge in [-0.05, 0) is 12.5 Å². The van der Waals surface area contributed by atoms with Crippen LogP contribution in [0.3, 0.4) is 0 Å². The average Bonchev–Trinajstić information content (AvgIpc) is 3.03. The molecule has 4 nitrogen and oxygen atoms in total. The summed E-state index contributed by atoms with van der Waals surface area (Å²) < 4.78 is 2.08. The van der Waals surface area contributed by atoms with Gasteiger partial charge in [-0.15, -0.1) is 0 Å². The Hall–Kier alpha value is -3.14. The molecule has 0 unspecified atom stereocenters. The zero-order chi connectivity index (χ0) is 17.6. The molecule has 25 heavy (non-hydrogen) atoms. The Morgan fingerprint density at radius 2 is 1.72 bits per heavy atom. The van der Waals surface area contributed by atoms with Gasteiger partial charge < -0.3 is 9.88 Å². The van der Waals surface area contributed by atoms with E-state index in [9.17, 15) is 4.79 Å². The van der Waals surface area contributed by atoms with E-state index in [2.05, 4.69) is 33.6 Å². The highest BCUT2D eigenvalue weighted by molar-refractivity contribution is 5.92. The van der Waals surface area contributed by atoms with Crippen molar-refractivity contribution in [1.82, 2.24) is 14.9 Å². The van der Waals surface area contributed by atoms with Gasteiger partial charge in [-0.25, -0.2) is 4.98 Å². The molecule has 1 heterocycles. The van der Waals surface area contributed by atoms with Gasteiger partial charge in [0, 0.05) is 17.7 Å². The summed E-state index contributed by atoms with van der Waals surface area (Å²) in [4.78, 5) is 16.5. The van der Waals surface area contributed by atoms with Crippen LogP contribution in [0.4, 0.5) is 0 Å². The molecule has 1 N–H and O–H groups in total. The molecule has 2 aromatic carbocycles. The van der Waals surface area contributed by atoms with Gasteiger partial charge in [-0.3, -0.25) is 4.79 Å². The van der Waals surface area contributed by atoms with E-state index in [0.717, 1.165) is 17.0 Å². The third-order valence-electron chi connectivity index (χ3n) is 3.99. The second-order valence-corrected chi connectivity index (χ2v) is 5.98. The van der Waals surface area contributed by atoms with Crippen LogP contribution in [-0.2, 0) is 17.9 Å². The van der Waals surface area contributed by atoms with Gasteiger partial charge in [0.05, 0.1) is 24.3 Å². The van der Waals surface area contributed by atoms with Crippen LogP contribution in [0, 0.1) is 0 Å². The highest BCUT2D eigenvalue weighted by Crippen LogP contribution is 2.23. The van der Waals surface area contributed by atoms with Gasteiger partial charge >= 0.3 is 0 Å². The molecular formula is C21H21N3O. The quantitative estimate of drug-likeness (QED) is 0.699. The number of hydrogen-bond acceptors (Lipinski definition) is 2. The normalized spacial score (nSPS) is 10.4. The number of imidazole rings is 1. The number of hydrogen-bond donors (Lipinski definition) is 1.